The predicted molar refractivity (Wildman–Crippen MR) is 189 cm³/mol. The summed E-state index contributed by atoms with van der Waals surface area (Å²) in [4.78, 5) is 34.8. The van der Waals surface area contributed by atoms with Crippen molar-refractivity contribution in [1.29, 1.82) is 0 Å². The number of esters is 2. The van der Waals surface area contributed by atoms with Crippen LogP contribution in [0.15, 0.2) is 75.0 Å². The lowest BCUT2D eigenvalue weighted by molar-refractivity contribution is -0.0420. The molecule has 0 bridgehead atoms. The summed E-state index contributed by atoms with van der Waals surface area (Å²) in [6, 6.07) is 0. The first-order valence-corrected chi connectivity index (χ1v) is 19.2. The molecule has 47 heavy (non-hydrogen) atoms. The van der Waals surface area contributed by atoms with Crippen molar-refractivity contribution in [1.82, 2.24) is 9.97 Å². The number of carbonyl (C=O) groups is 2. The number of allylic oxidation sites excluding steroid dienone is 5. The number of halogens is 1. The van der Waals surface area contributed by atoms with Gasteiger partial charge in [0.1, 0.15) is 18.6 Å². The van der Waals surface area contributed by atoms with Gasteiger partial charge >= 0.3 is 11.9 Å². The smallest absolute Gasteiger partial charge is 0.360 e. The van der Waals surface area contributed by atoms with Gasteiger partial charge in [-0.05, 0) is 30.0 Å². The van der Waals surface area contributed by atoms with Gasteiger partial charge in [0.15, 0.2) is 25.6 Å². The Balaban J connectivity index is 2.22. The molecule has 0 saturated heterocycles. The van der Waals surface area contributed by atoms with Crippen LogP contribution in [0.4, 0.5) is 0 Å². The fourth-order valence-electron chi connectivity index (χ4n) is 4.10. The maximum Gasteiger partial charge on any atom is 0.360 e. The minimum atomic E-state index is -2.18. The second kappa shape index (κ2) is 18.3. The van der Waals surface area contributed by atoms with Crippen molar-refractivity contribution in [2.24, 2.45) is 5.41 Å². The van der Waals surface area contributed by atoms with Gasteiger partial charge in [-0.2, -0.15) is 0 Å². The summed E-state index contributed by atoms with van der Waals surface area (Å²) in [6.45, 7) is 17.1. The average molecular weight is 734 g/mol. The molecule has 2 aromatic rings. The summed E-state index contributed by atoms with van der Waals surface area (Å²) in [5.41, 5.74) is -0.403. The Kier molecular flexibility index (Phi) is 15.5. The SMILES string of the molecule is C/C=C/[C@H](O[Si](C)(C)C(C)(C)C)C(C)(C)[C@H](C\C=C/C=C\C=C\[C@@H](Cc1nc(C(=O)OC)co1)OC)OC(=O)c1coc(/C=C\Br)n1. The molecule has 10 nitrogen and oxygen atoms in total. The second-order valence-corrected chi connectivity index (χ2v) is 18.2. The molecule has 2 heterocycles. The lowest BCUT2D eigenvalue weighted by Gasteiger charge is -2.45. The number of nitrogens with zero attached hydrogens (tertiary/aromatic N) is 2. The van der Waals surface area contributed by atoms with E-state index in [1.165, 1.54) is 19.6 Å². The fourth-order valence-corrected chi connectivity index (χ4v) is 5.70. The van der Waals surface area contributed by atoms with Gasteiger partial charge in [-0.1, -0.05) is 99.2 Å². The highest BCUT2D eigenvalue weighted by molar-refractivity contribution is 9.11. The minimum Gasteiger partial charge on any atom is -0.464 e. The summed E-state index contributed by atoms with van der Waals surface area (Å²) in [5.74, 6) is -0.480. The molecule has 0 aliphatic heterocycles. The number of methoxy groups -OCH3 is 2. The Morgan fingerprint density at radius 3 is 2.23 bits per heavy atom. The van der Waals surface area contributed by atoms with Crippen LogP contribution in [-0.2, 0) is 25.1 Å². The van der Waals surface area contributed by atoms with Crippen LogP contribution in [0, 0.1) is 5.41 Å². The van der Waals surface area contributed by atoms with Gasteiger partial charge in [0, 0.05) is 25.0 Å². The van der Waals surface area contributed by atoms with E-state index < -0.39 is 31.8 Å². The summed E-state index contributed by atoms with van der Waals surface area (Å²) < 4.78 is 33.9. The Morgan fingerprint density at radius 2 is 1.62 bits per heavy atom. The molecule has 0 saturated carbocycles. The van der Waals surface area contributed by atoms with Crippen molar-refractivity contribution in [2.45, 2.75) is 90.8 Å². The van der Waals surface area contributed by atoms with Crippen LogP contribution in [0.2, 0.25) is 18.1 Å². The largest absolute Gasteiger partial charge is 0.464 e. The number of ether oxygens (including phenoxy) is 3. The Hall–Kier alpha value is -3.32. The predicted octanol–water partition coefficient (Wildman–Crippen LogP) is 8.65. The third-order valence-electron chi connectivity index (χ3n) is 8.11. The van der Waals surface area contributed by atoms with Crippen molar-refractivity contribution in [3.8, 4) is 0 Å². The molecule has 258 valence electrons. The molecule has 2 aromatic heterocycles. The topological polar surface area (TPSA) is 123 Å². The second-order valence-electron chi connectivity index (χ2n) is 12.9. The molecule has 12 heteroatoms. The molecule has 0 amide bonds. The van der Waals surface area contributed by atoms with Crippen molar-refractivity contribution >= 4 is 42.3 Å². The van der Waals surface area contributed by atoms with E-state index in [1.807, 2.05) is 55.5 Å². The number of aromatic nitrogens is 2. The summed E-state index contributed by atoms with van der Waals surface area (Å²) in [6.07, 6.45) is 19.1. The first kappa shape index (κ1) is 39.9. The highest BCUT2D eigenvalue weighted by Crippen LogP contribution is 2.42. The van der Waals surface area contributed by atoms with Crippen LogP contribution >= 0.6 is 15.9 Å². The van der Waals surface area contributed by atoms with Crippen molar-refractivity contribution in [3.05, 3.63) is 89.3 Å². The van der Waals surface area contributed by atoms with E-state index in [-0.39, 0.29) is 34.5 Å². The van der Waals surface area contributed by atoms with Gasteiger partial charge in [0.2, 0.25) is 5.89 Å². The summed E-state index contributed by atoms with van der Waals surface area (Å²) in [7, 11) is 0.695. The monoisotopic (exact) mass is 732 g/mol. The third-order valence-corrected chi connectivity index (χ3v) is 12.8. The first-order chi connectivity index (χ1) is 22.1. The van der Waals surface area contributed by atoms with Crippen LogP contribution in [0.1, 0.15) is 80.7 Å². The zero-order chi connectivity index (χ0) is 35.3. The van der Waals surface area contributed by atoms with Crippen LogP contribution < -0.4 is 0 Å². The quantitative estimate of drug-likeness (QED) is 0.0676. The normalized spacial score (nSPS) is 15.4. The maximum absolute atomic E-state index is 13.3. The van der Waals surface area contributed by atoms with Crippen molar-refractivity contribution in [3.63, 3.8) is 0 Å². The lowest BCUT2D eigenvalue weighted by atomic mass is 9.79. The molecule has 0 spiro atoms. The van der Waals surface area contributed by atoms with Crippen molar-refractivity contribution in [2.75, 3.05) is 14.2 Å². The molecule has 0 N–H and O–H groups in total. The standard InChI is InChI=1S/C35H49BrN2O8Si/c1-11-17-29(46-47(9,10)34(2,3)4)35(5,6)28(45-33(40)27-24-43-30(37-27)20-21-36)19-16-14-12-13-15-18-25(41-7)22-31-38-26(23-44-31)32(39)42-8/h11-18,20-21,23-25,28-29H,19,22H2,1-10H3/b13-12-,16-14-,17-11+,18-15+,21-20-/t25-,28-,29-/m0/s1. The highest BCUT2D eigenvalue weighted by atomic mass is 79.9. The molecule has 0 radical (unpaired) electrons. The molecule has 0 fully saturated rings. The van der Waals surface area contributed by atoms with Crippen LogP contribution in [0.5, 0.6) is 0 Å². The van der Waals surface area contributed by atoms with Crippen LogP contribution in [0.25, 0.3) is 6.08 Å². The molecule has 2 rings (SSSR count). The zero-order valence-electron chi connectivity index (χ0n) is 29.1. The Morgan fingerprint density at radius 1 is 0.957 bits per heavy atom. The van der Waals surface area contributed by atoms with Gasteiger partial charge in [0.05, 0.1) is 25.7 Å². The van der Waals surface area contributed by atoms with Crippen LogP contribution in [-0.4, -0.2) is 62.8 Å². The molecule has 0 unspecified atom stereocenters. The molecular weight excluding hydrogens is 684 g/mol. The number of hydrogen-bond donors (Lipinski definition) is 0. The maximum atomic E-state index is 13.3. The molecule has 0 aliphatic carbocycles. The van der Waals surface area contributed by atoms with E-state index in [0.717, 1.165) is 0 Å². The number of oxazole rings is 2. The molecule has 0 aromatic carbocycles. The van der Waals surface area contributed by atoms with E-state index >= 15 is 0 Å². The molecule has 0 aliphatic rings. The van der Waals surface area contributed by atoms with Gasteiger partial charge in [-0.3, -0.25) is 0 Å². The van der Waals surface area contributed by atoms with Gasteiger partial charge in [-0.15, -0.1) is 0 Å². The first-order valence-electron chi connectivity index (χ1n) is 15.4. The van der Waals surface area contributed by atoms with Gasteiger partial charge in [-0.25, -0.2) is 19.6 Å². The molecule has 3 atom stereocenters. The van der Waals surface area contributed by atoms with E-state index in [1.54, 1.807) is 18.2 Å². The summed E-state index contributed by atoms with van der Waals surface area (Å²) in [5, 5.41) is -0.00432. The summed E-state index contributed by atoms with van der Waals surface area (Å²) >= 11 is 3.19. The van der Waals surface area contributed by atoms with Gasteiger partial charge < -0.3 is 27.5 Å². The Labute approximate surface area is 288 Å². The van der Waals surface area contributed by atoms with Crippen molar-refractivity contribution < 1.29 is 37.1 Å². The van der Waals surface area contributed by atoms with E-state index in [0.29, 0.717) is 18.7 Å². The van der Waals surface area contributed by atoms with E-state index in [9.17, 15) is 9.59 Å². The number of rotatable bonds is 17. The van der Waals surface area contributed by atoms with Gasteiger partial charge in [0.25, 0.3) is 0 Å². The number of carbonyl (C=O) groups excluding carboxylic acids is 2. The fraction of sp³-hybridized carbons (Fsp3) is 0.486. The minimum absolute atomic E-state index is 0.00432. The zero-order valence-corrected chi connectivity index (χ0v) is 31.7. The van der Waals surface area contributed by atoms with E-state index in [4.69, 9.17) is 22.7 Å². The lowest BCUT2D eigenvalue weighted by Crippen LogP contribution is -2.51. The Bertz CT molecular complexity index is 1450. The van der Waals surface area contributed by atoms with E-state index in [2.05, 4.69) is 78.3 Å². The number of hydrogen-bond acceptors (Lipinski definition) is 10. The van der Waals surface area contributed by atoms with Crippen LogP contribution in [0.3, 0.4) is 0 Å². The third kappa shape index (κ3) is 12.0. The highest BCUT2D eigenvalue weighted by Gasteiger charge is 2.45. The average Bonchev–Trinajstić information content (AvgIpc) is 3.68. The molecular formula is C35H49BrN2O8Si.